The predicted octanol–water partition coefficient (Wildman–Crippen LogP) is 7.28. The van der Waals surface area contributed by atoms with Crippen molar-refractivity contribution in [3.8, 4) is 5.75 Å². The number of benzene rings is 3. The van der Waals surface area contributed by atoms with Crippen LogP contribution in [0.15, 0.2) is 66.2 Å². The second-order valence-corrected chi connectivity index (χ2v) is 10.9. The smallest absolute Gasteiger partial charge is 0.301 e. The molecule has 7 heteroatoms. The molecule has 0 saturated carbocycles. The van der Waals surface area contributed by atoms with E-state index in [9.17, 15) is 14.7 Å². The van der Waals surface area contributed by atoms with E-state index in [4.69, 9.17) is 9.72 Å². The standard InChI is InChI=1S/C32H32N2O4S/c1-5-7-15-38-24-10-8-9-23(18-24)29(35)26-28(22-13-11-21(6-2)12-14-22)34(31(37)30(26)36)32-33-27-20(4)16-19(3)17-25(27)39-32/h8-14,16-18,28,35H,5-7,15H2,1-4H3/b29-26+. The third-order valence-electron chi connectivity index (χ3n) is 7.05. The van der Waals surface area contributed by atoms with E-state index >= 15 is 0 Å². The number of Topliss-reactive ketones (excluding diaryl/α,β-unsaturated/α-hetero) is 1. The molecular formula is C32H32N2O4S. The van der Waals surface area contributed by atoms with E-state index in [1.807, 2.05) is 50.2 Å². The molecule has 0 bridgehead atoms. The molecule has 0 spiro atoms. The number of anilines is 1. The maximum absolute atomic E-state index is 13.6. The zero-order valence-electron chi connectivity index (χ0n) is 22.7. The first-order valence-electron chi connectivity index (χ1n) is 13.3. The van der Waals surface area contributed by atoms with Gasteiger partial charge in [0.25, 0.3) is 5.78 Å². The van der Waals surface area contributed by atoms with E-state index in [0.29, 0.717) is 23.1 Å². The van der Waals surface area contributed by atoms with Gasteiger partial charge in [0.2, 0.25) is 0 Å². The summed E-state index contributed by atoms with van der Waals surface area (Å²) in [4.78, 5) is 33.4. The van der Waals surface area contributed by atoms with E-state index in [-0.39, 0.29) is 11.3 Å². The number of thiazole rings is 1. The predicted molar refractivity (Wildman–Crippen MR) is 157 cm³/mol. The zero-order valence-corrected chi connectivity index (χ0v) is 23.5. The van der Waals surface area contributed by atoms with E-state index in [0.717, 1.165) is 51.7 Å². The number of aromatic nitrogens is 1. The monoisotopic (exact) mass is 540 g/mol. The number of nitrogens with zero attached hydrogens (tertiary/aromatic N) is 2. The van der Waals surface area contributed by atoms with Crippen LogP contribution in [-0.2, 0) is 16.0 Å². The molecule has 1 aliphatic rings. The lowest BCUT2D eigenvalue weighted by Crippen LogP contribution is -2.29. The Labute approximate surface area is 232 Å². The second-order valence-electron chi connectivity index (χ2n) is 9.92. The number of carbonyl (C=O) groups is 2. The van der Waals surface area contributed by atoms with Crippen molar-refractivity contribution in [2.45, 2.75) is 53.0 Å². The van der Waals surface area contributed by atoms with Crippen molar-refractivity contribution in [3.05, 3.63) is 94.1 Å². The van der Waals surface area contributed by atoms with Crippen LogP contribution in [0.3, 0.4) is 0 Å². The first kappa shape index (κ1) is 26.6. The van der Waals surface area contributed by atoms with Crippen LogP contribution in [0, 0.1) is 13.8 Å². The van der Waals surface area contributed by atoms with E-state index in [2.05, 4.69) is 19.9 Å². The Balaban J connectivity index is 1.66. The highest BCUT2D eigenvalue weighted by Crippen LogP contribution is 2.45. The molecule has 1 N–H and O–H groups in total. The number of unbranched alkanes of at least 4 members (excludes halogenated alkanes) is 1. The van der Waals surface area contributed by atoms with Gasteiger partial charge in [-0.3, -0.25) is 14.5 Å². The highest BCUT2D eigenvalue weighted by molar-refractivity contribution is 7.22. The number of carbonyl (C=O) groups excluding carboxylic acids is 2. The molecule has 1 amide bonds. The number of aryl methyl sites for hydroxylation is 3. The van der Waals surface area contributed by atoms with Gasteiger partial charge in [0, 0.05) is 5.56 Å². The summed E-state index contributed by atoms with van der Waals surface area (Å²) in [5.74, 6) is -1.07. The molecule has 1 aromatic heterocycles. The van der Waals surface area contributed by atoms with Gasteiger partial charge in [-0.25, -0.2) is 4.98 Å². The molecule has 1 atom stereocenters. The van der Waals surface area contributed by atoms with Crippen LogP contribution in [0.2, 0.25) is 0 Å². The minimum atomic E-state index is -0.817. The lowest BCUT2D eigenvalue weighted by atomic mass is 9.94. The largest absolute Gasteiger partial charge is 0.507 e. The summed E-state index contributed by atoms with van der Waals surface area (Å²) in [5.41, 5.74) is 5.25. The number of ketones is 1. The highest BCUT2D eigenvalue weighted by Gasteiger charge is 2.48. The van der Waals surface area contributed by atoms with Crippen molar-refractivity contribution in [2.75, 3.05) is 11.5 Å². The van der Waals surface area contributed by atoms with E-state index < -0.39 is 17.7 Å². The Morgan fingerprint density at radius 3 is 2.54 bits per heavy atom. The van der Waals surface area contributed by atoms with Gasteiger partial charge < -0.3 is 9.84 Å². The van der Waals surface area contributed by atoms with Crippen molar-refractivity contribution < 1.29 is 19.4 Å². The van der Waals surface area contributed by atoms with Gasteiger partial charge in [-0.2, -0.15) is 0 Å². The molecule has 0 radical (unpaired) electrons. The minimum absolute atomic E-state index is 0.0436. The summed E-state index contributed by atoms with van der Waals surface area (Å²) in [6, 6.07) is 18.1. The summed E-state index contributed by atoms with van der Waals surface area (Å²) < 4.78 is 6.77. The SMILES string of the molecule is CCCCOc1cccc(/C(O)=C2\C(=O)C(=O)N(c3nc4c(C)cc(C)cc4s3)C2c2ccc(CC)cc2)c1. The maximum Gasteiger partial charge on any atom is 0.301 e. The van der Waals surface area contributed by atoms with Gasteiger partial charge in [0.05, 0.1) is 28.4 Å². The fourth-order valence-electron chi connectivity index (χ4n) is 4.97. The summed E-state index contributed by atoms with van der Waals surface area (Å²) in [5, 5.41) is 12.0. The lowest BCUT2D eigenvalue weighted by Gasteiger charge is -2.23. The molecule has 6 nitrogen and oxygen atoms in total. The van der Waals surface area contributed by atoms with Gasteiger partial charge in [-0.15, -0.1) is 0 Å². The molecule has 39 heavy (non-hydrogen) atoms. The molecular weight excluding hydrogens is 508 g/mol. The Hall–Kier alpha value is -3.97. The average Bonchev–Trinajstić information content (AvgIpc) is 3.47. The summed E-state index contributed by atoms with van der Waals surface area (Å²) in [6.45, 7) is 8.73. The normalized spacial score (nSPS) is 16.8. The van der Waals surface area contributed by atoms with Gasteiger partial charge in [0.15, 0.2) is 5.13 Å². The van der Waals surface area contributed by atoms with Crippen molar-refractivity contribution >= 4 is 44.1 Å². The molecule has 200 valence electrons. The summed E-state index contributed by atoms with van der Waals surface area (Å²) in [6.07, 6.45) is 2.78. The maximum atomic E-state index is 13.6. The summed E-state index contributed by atoms with van der Waals surface area (Å²) in [7, 11) is 0. The molecule has 0 aliphatic carbocycles. The van der Waals surface area contributed by atoms with Crippen molar-refractivity contribution in [1.29, 1.82) is 0 Å². The zero-order chi connectivity index (χ0) is 27.7. The Morgan fingerprint density at radius 1 is 1.05 bits per heavy atom. The fourth-order valence-corrected chi connectivity index (χ4v) is 6.13. The number of hydrogen-bond donors (Lipinski definition) is 1. The number of fused-ring (bicyclic) bond motifs is 1. The molecule has 5 rings (SSSR count). The Bertz CT molecular complexity index is 1590. The van der Waals surface area contributed by atoms with Crippen molar-refractivity contribution in [3.63, 3.8) is 0 Å². The number of amides is 1. The molecule has 1 aliphatic heterocycles. The number of aliphatic hydroxyl groups excluding tert-OH is 1. The first-order valence-corrected chi connectivity index (χ1v) is 14.1. The van der Waals surface area contributed by atoms with Gasteiger partial charge >= 0.3 is 5.91 Å². The van der Waals surface area contributed by atoms with Crippen LogP contribution < -0.4 is 9.64 Å². The number of aliphatic hydroxyl groups is 1. The van der Waals surface area contributed by atoms with Crippen LogP contribution in [0.5, 0.6) is 5.75 Å². The molecule has 1 fully saturated rings. The quantitative estimate of drug-likeness (QED) is 0.110. The number of rotatable bonds is 8. The Kier molecular flexibility index (Phi) is 7.53. The highest BCUT2D eigenvalue weighted by atomic mass is 32.1. The summed E-state index contributed by atoms with van der Waals surface area (Å²) >= 11 is 1.38. The number of ether oxygens (including phenoxy) is 1. The van der Waals surface area contributed by atoms with Crippen LogP contribution >= 0.6 is 11.3 Å². The van der Waals surface area contributed by atoms with Gasteiger partial charge in [-0.1, -0.05) is 74.1 Å². The lowest BCUT2D eigenvalue weighted by molar-refractivity contribution is -0.132. The third kappa shape index (κ3) is 5.06. The number of hydrogen-bond acceptors (Lipinski definition) is 6. The van der Waals surface area contributed by atoms with Crippen molar-refractivity contribution in [1.82, 2.24) is 4.98 Å². The molecule has 4 aromatic rings. The average molecular weight is 541 g/mol. The Morgan fingerprint density at radius 2 is 1.82 bits per heavy atom. The molecule has 2 heterocycles. The topological polar surface area (TPSA) is 79.7 Å². The molecule has 1 unspecified atom stereocenters. The first-order chi connectivity index (χ1) is 18.8. The van der Waals surface area contributed by atoms with Gasteiger partial charge in [0.1, 0.15) is 11.5 Å². The van der Waals surface area contributed by atoms with Gasteiger partial charge in [-0.05, 0) is 67.1 Å². The van der Waals surface area contributed by atoms with E-state index in [1.54, 1.807) is 18.2 Å². The minimum Gasteiger partial charge on any atom is -0.507 e. The van der Waals surface area contributed by atoms with Crippen LogP contribution in [0.1, 0.15) is 60.5 Å². The fraction of sp³-hybridized carbons (Fsp3) is 0.281. The van der Waals surface area contributed by atoms with Crippen LogP contribution in [-0.4, -0.2) is 28.4 Å². The van der Waals surface area contributed by atoms with E-state index in [1.165, 1.54) is 16.2 Å². The van der Waals surface area contributed by atoms with Crippen molar-refractivity contribution in [2.24, 2.45) is 0 Å². The molecule has 3 aromatic carbocycles. The molecule has 1 saturated heterocycles. The third-order valence-corrected chi connectivity index (χ3v) is 8.05. The van der Waals surface area contributed by atoms with Crippen LogP contribution in [0.4, 0.5) is 5.13 Å². The second kappa shape index (κ2) is 11.0. The van der Waals surface area contributed by atoms with Crippen LogP contribution in [0.25, 0.3) is 16.0 Å².